The van der Waals surface area contributed by atoms with Crippen molar-refractivity contribution in [3.63, 3.8) is 0 Å². The molecular weight excluding hydrogens is 228 g/mol. The molecule has 4 heteroatoms. The Hall–Kier alpha value is -1.39. The van der Waals surface area contributed by atoms with E-state index in [9.17, 15) is 4.79 Å². The quantitative estimate of drug-likeness (QED) is 0.876. The normalized spacial score (nSPS) is 15.1. The summed E-state index contributed by atoms with van der Waals surface area (Å²) in [5, 5.41) is 0. The predicted octanol–water partition coefficient (Wildman–Crippen LogP) is 1.42. The first-order chi connectivity index (χ1) is 8.49. The van der Waals surface area contributed by atoms with Gasteiger partial charge in [0.1, 0.15) is 6.73 Å². The molecule has 0 atom stereocenters. The number of fused-ring (bicyclic) bond motifs is 1. The number of rotatable bonds is 4. The number of carbonyl (C=O) groups is 1. The van der Waals surface area contributed by atoms with Gasteiger partial charge in [-0.25, -0.2) is 0 Å². The Morgan fingerprint density at radius 1 is 1.44 bits per heavy atom. The Kier molecular flexibility index (Phi) is 3.41. The molecule has 4 nitrogen and oxygen atoms in total. The van der Waals surface area contributed by atoms with Crippen LogP contribution in [0.15, 0.2) is 18.2 Å². The van der Waals surface area contributed by atoms with Crippen molar-refractivity contribution in [2.45, 2.75) is 25.7 Å². The smallest absolute Gasteiger partial charge is 0.233 e. The van der Waals surface area contributed by atoms with Gasteiger partial charge in [-0.05, 0) is 17.2 Å². The van der Waals surface area contributed by atoms with Crippen molar-refractivity contribution in [1.29, 1.82) is 0 Å². The minimum absolute atomic E-state index is 0.0627. The molecule has 0 bridgehead atoms. The van der Waals surface area contributed by atoms with Gasteiger partial charge >= 0.3 is 0 Å². The number of hydrogen-bond acceptors (Lipinski definition) is 3. The Bertz CT molecular complexity index is 469. The number of ether oxygens (including phenoxy) is 1. The molecule has 1 heterocycles. The van der Waals surface area contributed by atoms with Crippen molar-refractivity contribution in [3.05, 3.63) is 29.3 Å². The highest BCUT2D eigenvalue weighted by atomic mass is 16.5. The van der Waals surface area contributed by atoms with Crippen LogP contribution >= 0.6 is 0 Å². The number of amides is 1. The molecule has 0 spiro atoms. The van der Waals surface area contributed by atoms with Crippen LogP contribution in [0.5, 0.6) is 0 Å². The van der Waals surface area contributed by atoms with Crippen molar-refractivity contribution < 1.29 is 9.53 Å². The van der Waals surface area contributed by atoms with Crippen molar-refractivity contribution in [2.75, 3.05) is 25.3 Å². The first-order valence-electron chi connectivity index (χ1n) is 6.12. The molecule has 2 N–H and O–H groups in total. The first kappa shape index (κ1) is 13.1. The van der Waals surface area contributed by atoms with Gasteiger partial charge in [-0.15, -0.1) is 0 Å². The molecule has 1 aliphatic heterocycles. The second-order valence-corrected chi connectivity index (χ2v) is 5.35. The Morgan fingerprint density at radius 3 is 2.78 bits per heavy atom. The lowest BCUT2D eigenvalue weighted by molar-refractivity contribution is -0.118. The highest BCUT2D eigenvalue weighted by molar-refractivity contribution is 6.01. The number of methoxy groups -OCH3 is 1. The van der Waals surface area contributed by atoms with Crippen LogP contribution in [0.25, 0.3) is 0 Å². The second kappa shape index (κ2) is 4.71. The molecule has 18 heavy (non-hydrogen) atoms. The summed E-state index contributed by atoms with van der Waals surface area (Å²) in [5.74, 6) is 0.0922. The van der Waals surface area contributed by atoms with Crippen LogP contribution in [-0.4, -0.2) is 26.3 Å². The SMILES string of the molecule is COCN1C(=O)Cc2cc(C(C)(C)CN)ccc21. The third-order valence-corrected chi connectivity index (χ3v) is 3.56. The van der Waals surface area contributed by atoms with Gasteiger partial charge in [0, 0.05) is 24.8 Å². The average Bonchev–Trinajstić information content (AvgIpc) is 2.66. The topological polar surface area (TPSA) is 55.6 Å². The van der Waals surface area contributed by atoms with E-state index in [1.807, 2.05) is 12.1 Å². The maximum absolute atomic E-state index is 11.9. The molecule has 1 aromatic rings. The van der Waals surface area contributed by atoms with Crippen LogP contribution in [-0.2, 0) is 21.4 Å². The summed E-state index contributed by atoms with van der Waals surface area (Å²) in [6, 6.07) is 6.13. The number of nitrogens with two attached hydrogens (primary N) is 1. The zero-order valence-electron chi connectivity index (χ0n) is 11.2. The second-order valence-electron chi connectivity index (χ2n) is 5.35. The van der Waals surface area contributed by atoms with Crippen molar-refractivity contribution in [2.24, 2.45) is 5.73 Å². The maximum Gasteiger partial charge on any atom is 0.233 e. The fourth-order valence-electron chi connectivity index (χ4n) is 2.19. The third kappa shape index (κ3) is 2.13. The summed E-state index contributed by atoms with van der Waals surface area (Å²) in [6.45, 7) is 5.11. The van der Waals surface area contributed by atoms with Gasteiger partial charge in [-0.1, -0.05) is 26.0 Å². The number of nitrogens with zero attached hydrogens (tertiary/aromatic N) is 1. The molecule has 0 aliphatic carbocycles. The van der Waals surface area contributed by atoms with E-state index in [0.717, 1.165) is 11.3 Å². The van der Waals surface area contributed by atoms with Crippen molar-refractivity contribution >= 4 is 11.6 Å². The van der Waals surface area contributed by atoms with Crippen LogP contribution in [0.4, 0.5) is 5.69 Å². The van der Waals surface area contributed by atoms with Gasteiger partial charge in [0.15, 0.2) is 0 Å². The largest absolute Gasteiger partial charge is 0.364 e. The van der Waals surface area contributed by atoms with E-state index in [2.05, 4.69) is 19.9 Å². The maximum atomic E-state index is 11.9. The Morgan fingerprint density at radius 2 is 2.17 bits per heavy atom. The number of carbonyl (C=O) groups excluding carboxylic acids is 1. The van der Waals surface area contributed by atoms with Gasteiger partial charge < -0.3 is 10.5 Å². The molecule has 0 aromatic heterocycles. The number of benzene rings is 1. The summed E-state index contributed by atoms with van der Waals surface area (Å²) >= 11 is 0. The fraction of sp³-hybridized carbons (Fsp3) is 0.500. The standard InChI is InChI=1S/C14H20N2O2/c1-14(2,8-15)11-4-5-12-10(6-11)7-13(17)16(12)9-18-3/h4-6H,7-9,15H2,1-3H3. The molecule has 98 valence electrons. The third-order valence-electron chi connectivity index (χ3n) is 3.56. The minimum Gasteiger partial charge on any atom is -0.364 e. The summed E-state index contributed by atoms with van der Waals surface area (Å²) in [6.07, 6.45) is 0.452. The highest BCUT2D eigenvalue weighted by Gasteiger charge is 2.29. The molecule has 0 unspecified atom stereocenters. The average molecular weight is 248 g/mol. The molecule has 0 fully saturated rings. The molecule has 2 rings (SSSR count). The summed E-state index contributed by atoms with van der Waals surface area (Å²) in [5.41, 5.74) is 8.93. The Balaban J connectivity index is 2.36. The molecule has 1 aromatic carbocycles. The van der Waals surface area contributed by atoms with E-state index in [4.69, 9.17) is 10.5 Å². The zero-order valence-corrected chi connectivity index (χ0v) is 11.2. The monoisotopic (exact) mass is 248 g/mol. The van der Waals surface area contributed by atoms with Crippen LogP contribution < -0.4 is 10.6 Å². The van der Waals surface area contributed by atoms with Crippen LogP contribution in [0.2, 0.25) is 0 Å². The predicted molar refractivity (Wildman–Crippen MR) is 71.6 cm³/mol. The summed E-state index contributed by atoms with van der Waals surface area (Å²) < 4.78 is 5.06. The number of hydrogen-bond donors (Lipinski definition) is 1. The van der Waals surface area contributed by atoms with E-state index in [1.54, 1.807) is 12.0 Å². The molecule has 1 aliphatic rings. The van der Waals surface area contributed by atoms with Gasteiger partial charge in [-0.3, -0.25) is 9.69 Å². The summed E-state index contributed by atoms with van der Waals surface area (Å²) in [4.78, 5) is 13.5. The lowest BCUT2D eigenvalue weighted by atomic mass is 9.84. The van der Waals surface area contributed by atoms with E-state index in [0.29, 0.717) is 19.7 Å². The minimum atomic E-state index is -0.0627. The molecule has 1 amide bonds. The molecular formula is C14H20N2O2. The van der Waals surface area contributed by atoms with E-state index in [1.165, 1.54) is 5.56 Å². The highest BCUT2D eigenvalue weighted by Crippen LogP contribution is 2.33. The van der Waals surface area contributed by atoms with Crippen LogP contribution in [0.3, 0.4) is 0 Å². The zero-order chi connectivity index (χ0) is 13.3. The van der Waals surface area contributed by atoms with Crippen LogP contribution in [0.1, 0.15) is 25.0 Å². The first-order valence-corrected chi connectivity index (χ1v) is 6.12. The van der Waals surface area contributed by atoms with Crippen molar-refractivity contribution in [3.8, 4) is 0 Å². The van der Waals surface area contributed by atoms with Gasteiger partial charge in [-0.2, -0.15) is 0 Å². The van der Waals surface area contributed by atoms with E-state index < -0.39 is 0 Å². The molecule has 0 saturated carbocycles. The van der Waals surface area contributed by atoms with Gasteiger partial charge in [0.2, 0.25) is 5.91 Å². The van der Waals surface area contributed by atoms with Crippen LogP contribution in [0, 0.1) is 0 Å². The fourth-order valence-corrected chi connectivity index (χ4v) is 2.19. The molecule has 0 saturated heterocycles. The summed E-state index contributed by atoms with van der Waals surface area (Å²) in [7, 11) is 1.59. The van der Waals surface area contributed by atoms with E-state index >= 15 is 0 Å². The van der Waals surface area contributed by atoms with Gasteiger partial charge in [0.05, 0.1) is 6.42 Å². The van der Waals surface area contributed by atoms with E-state index in [-0.39, 0.29) is 11.3 Å². The Labute approximate surface area is 108 Å². The molecule has 0 radical (unpaired) electrons. The lowest BCUT2D eigenvalue weighted by Gasteiger charge is -2.24. The van der Waals surface area contributed by atoms with Crippen molar-refractivity contribution in [1.82, 2.24) is 0 Å². The lowest BCUT2D eigenvalue weighted by Crippen LogP contribution is -2.29. The number of anilines is 1. The van der Waals surface area contributed by atoms with Gasteiger partial charge in [0.25, 0.3) is 0 Å².